The number of sulfonamides is 1. The van der Waals surface area contributed by atoms with Gasteiger partial charge in [0.05, 0.1) is 4.90 Å². The molecular weight excluding hydrogens is 376 g/mol. The summed E-state index contributed by atoms with van der Waals surface area (Å²) in [5, 5.41) is 0. The first-order valence-electron chi connectivity index (χ1n) is 9.56. The van der Waals surface area contributed by atoms with Gasteiger partial charge in [0.25, 0.3) is 5.56 Å². The van der Waals surface area contributed by atoms with Crippen LogP contribution >= 0.6 is 0 Å². The van der Waals surface area contributed by atoms with Crippen LogP contribution in [0, 0.1) is 27.7 Å². The van der Waals surface area contributed by atoms with Gasteiger partial charge in [-0.2, -0.15) is 4.31 Å². The molecule has 1 aliphatic rings. The molecule has 0 unspecified atom stereocenters. The van der Waals surface area contributed by atoms with Gasteiger partial charge in [-0.1, -0.05) is 6.07 Å². The minimum atomic E-state index is -3.59. The normalized spacial score (nSPS) is 15.8. The fourth-order valence-electron chi connectivity index (χ4n) is 3.74. The lowest BCUT2D eigenvalue weighted by Gasteiger charge is -2.35. The molecule has 8 heteroatoms. The van der Waals surface area contributed by atoms with Crippen LogP contribution in [0.4, 0.5) is 5.82 Å². The first kappa shape index (κ1) is 20.5. The molecule has 1 saturated heterocycles. The van der Waals surface area contributed by atoms with Gasteiger partial charge >= 0.3 is 0 Å². The highest BCUT2D eigenvalue weighted by atomic mass is 32.2. The van der Waals surface area contributed by atoms with Crippen LogP contribution < -0.4 is 10.5 Å². The van der Waals surface area contributed by atoms with Crippen molar-refractivity contribution in [3.8, 4) is 0 Å². The maximum atomic E-state index is 13.4. The van der Waals surface area contributed by atoms with Crippen LogP contribution in [0.2, 0.25) is 0 Å². The molecule has 0 spiro atoms. The first-order valence-corrected chi connectivity index (χ1v) is 11.0. The Labute approximate surface area is 166 Å². The van der Waals surface area contributed by atoms with Crippen molar-refractivity contribution < 1.29 is 8.42 Å². The zero-order chi connectivity index (χ0) is 20.6. The van der Waals surface area contributed by atoms with E-state index in [4.69, 9.17) is 0 Å². The molecule has 0 amide bonds. The molecule has 0 N–H and O–H groups in total. The number of aromatic nitrogens is 2. The summed E-state index contributed by atoms with van der Waals surface area (Å²) >= 11 is 0. The maximum Gasteiger partial charge on any atom is 0.293 e. The summed E-state index contributed by atoms with van der Waals surface area (Å²) in [5.41, 5.74) is 3.44. The average molecular weight is 405 g/mol. The third-order valence-electron chi connectivity index (χ3n) is 5.67. The molecule has 152 valence electrons. The van der Waals surface area contributed by atoms with Crippen molar-refractivity contribution in [1.82, 2.24) is 13.9 Å². The Morgan fingerprint density at radius 1 is 1.00 bits per heavy atom. The fourth-order valence-corrected chi connectivity index (χ4v) is 5.74. The molecule has 0 atom stereocenters. The minimum absolute atomic E-state index is 0.137. The van der Waals surface area contributed by atoms with Crippen molar-refractivity contribution in [2.24, 2.45) is 0 Å². The van der Waals surface area contributed by atoms with E-state index >= 15 is 0 Å². The van der Waals surface area contributed by atoms with E-state index in [1.165, 1.54) is 4.31 Å². The van der Waals surface area contributed by atoms with E-state index in [2.05, 4.69) is 4.98 Å². The molecule has 2 heterocycles. The third-order valence-corrected chi connectivity index (χ3v) is 7.84. The second-order valence-corrected chi connectivity index (χ2v) is 9.20. The Morgan fingerprint density at radius 2 is 1.57 bits per heavy atom. The van der Waals surface area contributed by atoms with Crippen molar-refractivity contribution in [1.29, 1.82) is 0 Å². The molecule has 1 aromatic heterocycles. The molecule has 1 aromatic carbocycles. The largest absolute Gasteiger partial charge is 0.349 e. The lowest BCUT2D eigenvalue weighted by atomic mass is 10.0. The minimum Gasteiger partial charge on any atom is -0.349 e. The van der Waals surface area contributed by atoms with Crippen LogP contribution in [0.1, 0.15) is 29.2 Å². The molecule has 2 aromatic rings. The number of anilines is 1. The van der Waals surface area contributed by atoms with Gasteiger partial charge in [-0.3, -0.25) is 4.79 Å². The highest BCUT2D eigenvalue weighted by molar-refractivity contribution is 7.89. The zero-order valence-electron chi connectivity index (χ0n) is 17.2. The summed E-state index contributed by atoms with van der Waals surface area (Å²) in [6.07, 6.45) is 3.28. The van der Waals surface area contributed by atoms with E-state index in [1.54, 1.807) is 17.0 Å². The average Bonchev–Trinajstić information content (AvgIpc) is 2.67. The number of benzene rings is 1. The standard InChI is InChI=1S/C20H28N4O3S/c1-6-22-8-7-21-19(20(22)25)23-9-11-24(12-10-23)28(26,27)18-16(4)14(2)13-15(3)17(18)5/h7-8,13H,6,9-12H2,1-5H3. The SMILES string of the molecule is CCn1ccnc(N2CCN(S(=O)(=O)c3c(C)c(C)cc(C)c3C)CC2)c1=O. The van der Waals surface area contributed by atoms with Gasteiger partial charge in [-0.25, -0.2) is 13.4 Å². The second kappa shape index (κ2) is 7.67. The predicted octanol–water partition coefficient (Wildman–Crippen LogP) is 2.01. The number of hydrogen-bond donors (Lipinski definition) is 0. The van der Waals surface area contributed by atoms with Crippen molar-refractivity contribution in [3.63, 3.8) is 0 Å². The van der Waals surface area contributed by atoms with Gasteiger partial charge in [0.1, 0.15) is 0 Å². The molecule has 0 aliphatic carbocycles. The van der Waals surface area contributed by atoms with E-state index < -0.39 is 10.0 Å². The van der Waals surface area contributed by atoms with Crippen LogP contribution in [-0.4, -0.2) is 48.5 Å². The first-order chi connectivity index (χ1) is 13.2. The van der Waals surface area contributed by atoms with E-state index in [0.717, 1.165) is 22.3 Å². The molecule has 1 aliphatic heterocycles. The predicted molar refractivity (Wildman–Crippen MR) is 111 cm³/mol. The molecule has 0 radical (unpaired) electrons. The highest BCUT2D eigenvalue weighted by Gasteiger charge is 2.32. The van der Waals surface area contributed by atoms with Gasteiger partial charge in [0.2, 0.25) is 10.0 Å². The smallest absolute Gasteiger partial charge is 0.293 e. The van der Waals surface area contributed by atoms with E-state index in [-0.39, 0.29) is 5.56 Å². The van der Waals surface area contributed by atoms with Gasteiger partial charge in [0.15, 0.2) is 5.82 Å². The summed E-state index contributed by atoms with van der Waals surface area (Å²) in [7, 11) is -3.59. The summed E-state index contributed by atoms with van der Waals surface area (Å²) in [5.74, 6) is 0.389. The Morgan fingerprint density at radius 3 is 2.11 bits per heavy atom. The van der Waals surface area contributed by atoms with Crippen LogP contribution in [0.5, 0.6) is 0 Å². The third kappa shape index (κ3) is 3.46. The topological polar surface area (TPSA) is 75.5 Å². The van der Waals surface area contributed by atoms with E-state index in [1.807, 2.05) is 45.6 Å². The van der Waals surface area contributed by atoms with E-state index in [0.29, 0.717) is 43.4 Å². The molecule has 0 bridgehead atoms. The molecule has 28 heavy (non-hydrogen) atoms. The Balaban J connectivity index is 1.87. The van der Waals surface area contributed by atoms with Crippen LogP contribution in [-0.2, 0) is 16.6 Å². The van der Waals surface area contributed by atoms with Crippen molar-refractivity contribution in [2.75, 3.05) is 31.1 Å². The van der Waals surface area contributed by atoms with Gasteiger partial charge in [-0.05, 0) is 56.9 Å². The van der Waals surface area contributed by atoms with Crippen molar-refractivity contribution in [2.45, 2.75) is 46.1 Å². The van der Waals surface area contributed by atoms with Crippen LogP contribution in [0.3, 0.4) is 0 Å². The quantitative estimate of drug-likeness (QED) is 0.779. The highest BCUT2D eigenvalue weighted by Crippen LogP contribution is 2.29. The molecule has 3 rings (SSSR count). The molecule has 7 nitrogen and oxygen atoms in total. The Bertz CT molecular complexity index is 1030. The summed E-state index contributed by atoms with van der Waals surface area (Å²) < 4.78 is 29.9. The molecular formula is C20H28N4O3S. The van der Waals surface area contributed by atoms with Crippen molar-refractivity contribution in [3.05, 3.63) is 51.1 Å². The maximum absolute atomic E-state index is 13.4. The number of piperazine rings is 1. The van der Waals surface area contributed by atoms with Gasteiger partial charge in [-0.15, -0.1) is 0 Å². The zero-order valence-corrected chi connectivity index (χ0v) is 18.0. The van der Waals surface area contributed by atoms with Gasteiger partial charge < -0.3 is 9.47 Å². The van der Waals surface area contributed by atoms with Crippen LogP contribution in [0.25, 0.3) is 0 Å². The lowest BCUT2D eigenvalue weighted by Crippen LogP contribution is -2.50. The summed E-state index contributed by atoms with van der Waals surface area (Å²) in [4.78, 5) is 19.0. The number of rotatable bonds is 4. The van der Waals surface area contributed by atoms with Gasteiger partial charge in [0, 0.05) is 45.1 Å². The van der Waals surface area contributed by atoms with Crippen molar-refractivity contribution >= 4 is 15.8 Å². The molecule has 0 saturated carbocycles. The van der Waals surface area contributed by atoms with Crippen LogP contribution in [0.15, 0.2) is 28.2 Å². The number of aryl methyl sites for hydroxylation is 3. The summed E-state index contributed by atoms with van der Waals surface area (Å²) in [6, 6.07) is 2.03. The van der Waals surface area contributed by atoms with E-state index in [9.17, 15) is 13.2 Å². The summed E-state index contributed by atoms with van der Waals surface area (Å²) in [6.45, 7) is 11.6. The Hall–Kier alpha value is -2.19. The fraction of sp³-hybridized carbons (Fsp3) is 0.500. The molecule has 1 fully saturated rings. The lowest BCUT2D eigenvalue weighted by molar-refractivity contribution is 0.382. The second-order valence-electron chi connectivity index (χ2n) is 7.32. The number of nitrogens with zero attached hydrogens (tertiary/aromatic N) is 4. The monoisotopic (exact) mass is 404 g/mol. The Kier molecular flexibility index (Phi) is 5.63. The number of hydrogen-bond acceptors (Lipinski definition) is 5.